The van der Waals surface area contributed by atoms with Gasteiger partial charge in [0, 0.05) is 12.3 Å². The summed E-state index contributed by atoms with van der Waals surface area (Å²) in [5.74, 6) is 4.14. The molecular formula is C20H38OSi. The smallest absolute Gasteiger partial charge is 0.145 e. The highest BCUT2D eigenvalue weighted by molar-refractivity contribution is 6.90. The number of rotatable bonds is 9. The van der Waals surface area contributed by atoms with E-state index in [-0.39, 0.29) is 11.7 Å². The summed E-state index contributed by atoms with van der Waals surface area (Å²) in [7, 11) is -1.66. The molecule has 0 amide bonds. The van der Waals surface area contributed by atoms with Gasteiger partial charge in [-0.05, 0) is 30.0 Å². The van der Waals surface area contributed by atoms with Crippen molar-refractivity contribution in [3.05, 3.63) is 0 Å². The summed E-state index contributed by atoms with van der Waals surface area (Å²) in [5, 5.41) is 0. The Morgan fingerprint density at radius 3 is 1.82 bits per heavy atom. The van der Waals surface area contributed by atoms with Gasteiger partial charge in [0.05, 0.1) is 0 Å². The van der Waals surface area contributed by atoms with Crippen molar-refractivity contribution < 1.29 is 4.79 Å². The third-order valence-corrected chi connectivity index (χ3v) is 11.4. The number of unbranched alkanes of at least 4 members (excludes halogenated alkanes) is 2. The second-order valence-corrected chi connectivity index (χ2v) is 13.3. The van der Waals surface area contributed by atoms with Crippen molar-refractivity contribution in [1.82, 2.24) is 0 Å². The minimum Gasteiger partial charge on any atom is -0.300 e. The molecule has 0 aliphatic rings. The maximum atomic E-state index is 11.6. The SMILES string of the molecule is CCCCC[C@H](C#C[Si](C(C)C)(C(C)C)C(C)C)CC(C)=O. The first-order chi connectivity index (χ1) is 10.2. The molecule has 128 valence electrons. The fourth-order valence-corrected chi connectivity index (χ4v) is 9.19. The van der Waals surface area contributed by atoms with Crippen molar-refractivity contribution >= 4 is 13.9 Å². The highest BCUT2D eigenvalue weighted by atomic mass is 28.3. The normalized spacial score (nSPS) is 13.4. The molecule has 1 nitrogen and oxygen atoms in total. The van der Waals surface area contributed by atoms with Crippen LogP contribution in [0.3, 0.4) is 0 Å². The average molecular weight is 323 g/mol. The Bertz CT molecular complexity index is 362. The monoisotopic (exact) mass is 322 g/mol. The zero-order chi connectivity index (χ0) is 17.3. The van der Waals surface area contributed by atoms with E-state index in [0.29, 0.717) is 23.0 Å². The summed E-state index contributed by atoms with van der Waals surface area (Å²) in [5.41, 5.74) is 5.78. The lowest BCUT2D eigenvalue weighted by Crippen LogP contribution is -2.43. The van der Waals surface area contributed by atoms with Crippen LogP contribution >= 0.6 is 0 Å². The zero-order valence-electron chi connectivity index (χ0n) is 16.3. The standard InChI is InChI=1S/C20H38OSi/c1-9-10-11-12-20(15-19(8)21)13-14-22(16(2)3,17(4)5)18(6)7/h16-18,20H,9-12,15H2,1-8H3/t20-/m1/s1. The van der Waals surface area contributed by atoms with E-state index in [1.54, 1.807) is 6.92 Å². The van der Waals surface area contributed by atoms with E-state index >= 15 is 0 Å². The van der Waals surface area contributed by atoms with Gasteiger partial charge in [-0.3, -0.25) is 4.79 Å². The van der Waals surface area contributed by atoms with Gasteiger partial charge >= 0.3 is 0 Å². The number of ketones is 1. The summed E-state index contributed by atoms with van der Waals surface area (Å²) in [4.78, 5) is 11.6. The van der Waals surface area contributed by atoms with Crippen LogP contribution in [0.5, 0.6) is 0 Å². The summed E-state index contributed by atoms with van der Waals surface area (Å²) in [6, 6.07) is 0. The lowest BCUT2D eigenvalue weighted by atomic mass is 9.97. The molecule has 0 unspecified atom stereocenters. The minimum atomic E-state index is -1.66. The lowest BCUT2D eigenvalue weighted by Gasteiger charge is -2.38. The van der Waals surface area contributed by atoms with Gasteiger partial charge in [0.1, 0.15) is 13.9 Å². The summed E-state index contributed by atoms with van der Waals surface area (Å²) >= 11 is 0. The molecule has 0 aliphatic heterocycles. The number of hydrogen-bond acceptors (Lipinski definition) is 1. The van der Waals surface area contributed by atoms with E-state index in [2.05, 4.69) is 59.9 Å². The van der Waals surface area contributed by atoms with Crippen molar-refractivity contribution in [2.45, 2.75) is 104 Å². The Balaban J connectivity index is 5.35. The molecule has 0 N–H and O–H groups in total. The van der Waals surface area contributed by atoms with Crippen LogP contribution in [-0.2, 0) is 4.79 Å². The van der Waals surface area contributed by atoms with Crippen LogP contribution in [0, 0.1) is 17.4 Å². The Kier molecular flexibility index (Phi) is 10.0. The molecule has 0 aromatic rings. The number of carbonyl (C=O) groups excluding carboxylic acids is 1. The highest BCUT2D eigenvalue weighted by Gasteiger charge is 2.41. The molecule has 0 saturated carbocycles. The fourth-order valence-electron chi connectivity index (χ4n) is 3.87. The summed E-state index contributed by atoms with van der Waals surface area (Å²) in [6.07, 6.45) is 5.39. The zero-order valence-corrected chi connectivity index (χ0v) is 17.3. The predicted octanol–water partition coefficient (Wildman–Crippen LogP) is 6.38. The molecule has 0 fully saturated rings. The molecular weight excluding hydrogens is 284 g/mol. The van der Waals surface area contributed by atoms with Crippen LogP contribution in [0.25, 0.3) is 0 Å². The minimum absolute atomic E-state index is 0.271. The van der Waals surface area contributed by atoms with Crippen molar-refractivity contribution in [2.75, 3.05) is 0 Å². The summed E-state index contributed by atoms with van der Waals surface area (Å²) < 4.78 is 0. The molecule has 0 aromatic heterocycles. The first-order valence-corrected chi connectivity index (χ1v) is 11.4. The van der Waals surface area contributed by atoms with Gasteiger partial charge in [-0.25, -0.2) is 0 Å². The maximum absolute atomic E-state index is 11.6. The number of carbonyl (C=O) groups is 1. The molecule has 0 spiro atoms. The molecule has 22 heavy (non-hydrogen) atoms. The van der Waals surface area contributed by atoms with Crippen LogP contribution in [-0.4, -0.2) is 13.9 Å². The van der Waals surface area contributed by atoms with Crippen LogP contribution in [0.15, 0.2) is 0 Å². The second-order valence-electron chi connectivity index (χ2n) is 7.77. The molecule has 0 aliphatic carbocycles. The van der Waals surface area contributed by atoms with E-state index in [1.165, 1.54) is 19.3 Å². The average Bonchev–Trinajstić information content (AvgIpc) is 2.37. The largest absolute Gasteiger partial charge is 0.300 e. The highest BCUT2D eigenvalue weighted by Crippen LogP contribution is 2.40. The molecule has 2 heteroatoms. The van der Waals surface area contributed by atoms with Crippen LogP contribution in [0.1, 0.15) is 87.5 Å². The topological polar surface area (TPSA) is 17.1 Å². The van der Waals surface area contributed by atoms with Crippen molar-refractivity contribution in [2.24, 2.45) is 5.92 Å². The van der Waals surface area contributed by atoms with Gasteiger partial charge in [-0.2, -0.15) is 0 Å². The van der Waals surface area contributed by atoms with Crippen LogP contribution < -0.4 is 0 Å². The predicted molar refractivity (Wildman–Crippen MR) is 102 cm³/mol. The van der Waals surface area contributed by atoms with Gasteiger partial charge in [-0.15, -0.1) is 11.5 Å². The van der Waals surface area contributed by atoms with Gasteiger partial charge in [-0.1, -0.05) is 67.7 Å². The maximum Gasteiger partial charge on any atom is 0.145 e. The number of Topliss-reactive ketones (excluding diaryl/α,β-unsaturated/α-hetero) is 1. The van der Waals surface area contributed by atoms with Crippen LogP contribution in [0.2, 0.25) is 16.6 Å². The Morgan fingerprint density at radius 1 is 0.955 bits per heavy atom. The van der Waals surface area contributed by atoms with Gasteiger partial charge in [0.2, 0.25) is 0 Å². The third-order valence-electron chi connectivity index (χ3n) is 5.05. The third kappa shape index (κ3) is 6.29. The molecule has 1 atom stereocenters. The van der Waals surface area contributed by atoms with Crippen LogP contribution in [0.4, 0.5) is 0 Å². The molecule has 0 radical (unpaired) electrons. The van der Waals surface area contributed by atoms with E-state index in [9.17, 15) is 4.79 Å². The molecule has 0 saturated heterocycles. The van der Waals surface area contributed by atoms with Gasteiger partial charge < -0.3 is 0 Å². The fraction of sp³-hybridized carbons (Fsp3) is 0.850. The summed E-state index contributed by atoms with van der Waals surface area (Å²) in [6.45, 7) is 18.0. The Labute approximate surface area is 140 Å². The Hall–Kier alpha value is -0.553. The lowest BCUT2D eigenvalue weighted by molar-refractivity contribution is -0.117. The second kappa shape index (κ2) is 10.3. The first kappa shape index (κ1) is 21.4. The van der Waals surface area contributed by atoms with E-state index in [1.807, 2.05) is 0 Å². The quantitative estimate of drug-likeness (QED) is 0.273. The molecule has 0 aromatic carbocycles. The molecule has 0 heterocycles. The van der Waals surface area contributed by atoms with E-state index in [0.717, 1.165) is 6.42 Å². The van der Waals surface area contributed by atoms with E-state index < -0.39 is 8.07 Å². The van der Waals surface area contributed by atoms with Crippen molar-refractivity contribution in [1.29, 1.82) is 0 Å². The van der Waals surface area contributed by atoms with Gasteiger partial charge in [0.25, 0.3) is 0 Å². The molecule has 0 rings (SSSR count). The first-order valence-electron chi connectivity index (χ1n) is 9.20. The van der Waals surface area contributed by atoms with Gasteiger partial charge in [0.15, 0.2) is 0 Å². The van der Waals surface area contributed by atoms with E-state index in [4.69, 9.17) is 0 Å². The Morgan fingerprint density at radius 2 is 1.45 bits per heavy atom. The molecule has 0 bridgehead atoms. The number of hydrogen-bond donors (Lipinski definition) is 0. The van der Waals surface area contributed by atoms with Crippen molar-refractivity contribution in [3.63, 3.8) is 0 Å². The van der Waals surface area contributed by atoms with Crippen molar-refractivity contribution in [3.8, 4) is 11.5 Å².